The molecule has 0 saturated heterocycles. The van der Waals surface area contributed by atoms with E-state index in [1.165, 1.54) is 12.8 Å². The molecule has 1 N–H and O–H groups in total. The summed E-state index contributed by atoms with van der Waals surface area (Å²) >= 11 is 0. The molecule has 2 saturated carbocycles. The number of hydrogen-bond donors (Lipinski definition) is 1. The van der Waals surface area contributed by atoms with Gasteiger partial charge in [-0.1, -0.05) is 0 Å². The van der Waals surface area contributed by atoms with E-state index in [0.29, 0.717) is 5.41 Å². The normalized spacial score (nSPS) is 26.5. The molecular formula is C8H12O3. The van der Waals surface area contributed by atoms with Crippen LogP contribution in [0.4, 0.5) is 0 Å². The Bertz CT molecular complexity index is 176. The molecule has 2 fully saturated rings. The number of hydrogen-bond acceptors (Lipinski definition) is 2. The fourth-order valence-corrected chi connectivity index (χ4v) is 1.80. The van der Waals surface area contributed by atoms with Crippen molar-refractivity contribution in [2.24, 2.45) is 5.41 Å². The van der Waals surface area contributed by atoms with Gasteiger partial charge in [0, 0.05) is 0 Å². The highest BCUT2D eigenvalue weighted by molar-refractivity contribution is 5.68. The van der Waals surface area contributed by atoms with Crippen molar-refractivity contribution in [3.63, 3.8) is 0 Å². The van der Waals surface area contributed by atoms with E-state index in [1.807, 2.05) is 0 Å². The number of carboxylic acid groups (broad SMARTS) is 1. The van der Waals surface area contributed by atoms with E-state index in [2.05, 4.69) is 0 Å². The molecular weight excluding hydrogens is 144 g/mol. The Morgan fingerprint density at radius 2 is 2.18 bits per heavy atom. The van der Waals surface area contributed by atoms with Crippen molar-refractivity contribution in [2.75, 3.05) is 6.61 Å². The van der Waals surface area contributed by atoms with E-state index < -0.39 is 5.97 Å². The van der Waals surface area contributed by atoms with Gasteiger partial charge < -0.3 is 9.84 Å². The van der Waals surface area contributed by atoms with Crippen LogP contribution in [0.2, 0.25) is 0 Å². The average Bonchev–Trinajstić information content (AvgIpc) is 2.58. The van der Waals surface area contributed by atoms with Crippen molar-refractivity contribution in [3.8, 4) is 0 Å². The summed E-state index contributed by atoms with van der Waals surface area (Å²) in [6.45, 7) is -0.124. The molecule has 3 heteroatoms. The standard InChI is InChI=1S/C8H12O3/c9-7(10)5-11-6-3-8(4-6)1-2-8/h6H,1-5H2,(H,9,10). The molecule has 0 heterocycles. The fourth-order valence-electron chi connectivity index (χ4n) is 1.80. The maximum atomic E-state index is 10.1. The first-order chi connectivity index (χ1) is 5.20. The molecule has 0 unspecified atom stereocenters. The summed E-state index contributed by atoms with van der Waals surface area (Å²) < 4.78 is 5.12. The van der Waals surface area contributed by atoms with E-state index in [9.17, 15) is 4.79 Å². The van der Waals surface area contributed by atoms with Gasteiger partial charge in [-0.05, 0) is 31.1 Å². The number of ether oxygens (including phenoxy) is 1. The Hall–Kier alpha value is -0.570. The van der Waals surface area contributed by atoms with Crippen molar-refractivity contribution in [3.05, 3.63) is 0 Å². The summed E-state index contributed by atoms with van der Waals surface area (Å²) in [6, 6.07) is 0. The van der Waals surface area contributed by atoms with Crippen molar-refractivity contribution >= 4 is 5.97 Å². The Morgan fingerprint density at radius 3 is 2.64 bits per heavy atom. The first-order valence-corrected chi connectivity index (χ1v) is 4.04. The molecule has 2 aliphatic carbocycles. The van der Waals surface area contributed by atoms with E-state index >= 15 is 0 Å². The molecule has 1 spiro atoms. The van der Waals surface area contributed by atoms with Gasteiger partial charge in [0.1, 0.15) is 6.61 Å². The van der Waals surface area contributed by atoms with Crippen molar-refractivity contribution < 1.29 is 14.6 Å². The van der Waals surface area contributed by atoms with Gasteiger partial charge in [-0.15, -0.1) is 0 Å². The lowest BCUT2D eigenvalue weighted by molar-refractivity contribution is -0.148. The summed E-state index contributed by atoms with van der Waals surface area (Å²) in [5.74, 6) is -0.859. The van der Waals surface area contributed by atoms with E-state index in [1.54, 1.807) is 0 Å². The highest BCUT2D eigenvalue weighted by Gasteiger charge is 2.53. The molecule has 0 bridgehead atoms. The van der Waals surface area contributed by atoms with Crippen LogP contribution in [-0.2, 0) is 9.53 Å². The van der Waals surface area contributed by atoms with Gasteiger partial charge in [0.25, 0.3) is 0 Å². The fraction of sp³-hybridized carbons (Fsp3) is 0.875. The van der Waals surface area contributed by atoms with Crippen LogP contribution in [0.15, 0.2) is 0 Å². The molecule has 3 nitrogen and oxygen atoms in total. The summed E-state index contributed by atoms with van der Waals surface area (Å²) in [7, 11) is 0. The maximum absolute atomic E-state index is 10.1. The van der Waals surface area contributed by atoms with Gasteiger partial charge in [-0.2, -0.15) is 0 Å². The monoisotopic (exact) mass is 156 g/mol. The van der Waals surface area contributed by atoms with Crippen LogP contribution in [0.25, 0.3) is 0 Å². The van der Waals surface area contributed by atoms with Crippen LogP contribution in [0.5, 0.6) is 0 Å². The zero-order valence-electron chi connectivity index (χ0n) is 6.38. The van der Waals surface area contributed by atoms with Gasteiger partial charge >= 0.3 is 5.97 Å². The minimum absolute atomic E-state index is 0.124. The lowest BCUT2D eigenvalue weighted by Gasteiger charge is -2.34. The predicted molar refractivity (Wildman–Crippen MR) is 38.3 cm³/mol. The third-order valence-corrected chi connectivity index (χ3v) is 2.72. The van der Waals surface area contributed by atoms with Gasteiger partial charge in [-0.25, -0.2) is 4.79 Å². The number of carboxylic acids is 1. The predicted octanol–water partition coefficient (Wildman–Crippen LogP) is 1.03. The van der Waals surface area contributed by atoms with Crippen LogP contribution in [-0.4, -0.2) is 23.8 Å². The minimum atomic E-state index is -0.859. The topological polar surface area (TPSA) is 46.5 Å². The van der Waals surface area contributed by atoms with Gasteiger partial charge in [0.05, 0.1) is 6.10 Å². The average molecular weight is 156 g/mol. The number of rotatable bonds is 3. The Kier molecular flexibility index (Phi) is 1.42. The molecule has 0 aromatic heterocycles. The van der Waals surface area contributed by atoms with Crippen molar-refractivity contribution in [1.82, 2.24) is 0 Å². The largest absolute Gasteiger partial charge is 0.480 e. The lowest BCUT2D eigenvalue weighted by atomic mass is 9.79. The number of carbonyl (C=O) groups is 1. The Labute approximate surface area is 65.4 Å². The SMILES string of the molecule is O=C(O)COC1CC2(CC2)C1. The minimum Gasteiger partial charge on any atom is -0.480 e. The molecule has 62 valence electrons. The highest BCUT2D eigenvalue weighted by Crippen LogP contribution is 2.61. The quantitative estimate of drug-likeness (QED) is 0.663. The summed E-state index contributed by atoms with van der Waals surface area (Å²) in [5.41, 5.74) is 0.614. The van der Waals surface area contributed by atoms with Crippen LogP contribution >= 0.6 is 0 Å². The van der Waals surface area contributed by atoms with Crippen LogP contribution < -0.4 is 0 Å². The van der Waals surface area contributed by atoms with Crippen LogP contribution in [0.1, 0.15) is 25.7 Å². The third-order valence-electron chi connectivity index (χ3n) is 2.72. The van der Waals surface area contributed by atoms with E-state index in [-0.39, 0.29) is 12.7 Å². The third kappa shape index (κ3) is 1.38. The van der Waals surface area contributed by atoms with Gasteiger partial charge in [0.15, 0.2) is 0 Å². The Balaban J connectivity index is 1.63. The molecule has 0 aliphatic heterocycles. The molecule has 11 heavy (non-hydrogen) atoms. The Morgan fingerprint density at radius 1 is 1.55 bits per heavy atom. The molecule has 2 rings (SSSR count). The molecule has 0 atom stereocenters. The molecule has 0 aromatic carbocycles. The lowest BCUT2D eigenvalue weighted by Crippen LogP contribution is -2.34. The first-order valence-electron chi connectivity index (χ1n) is 4.04. The van der Waals surface area contributed by atoms with Gasteiger partial charge in [0.2, 0.25) is 0 Å². The van der Waals surface area contributed by atoms with E-state index in [4.69, 9.17) is 9.84 Å². The smallest absolute Gasteiger partial charge is 0.329 e. The first kappa shape index (κ1) is 7.10. The summed E-state index contributed by atoms with van der Waals surface area (Å²) in [6.07, 6.45) is 5.11. The summed E-state index contributed by atoms with van der Waals surface area (Å²) in [5, 5.41) is 8.30. The zero-order chi connectivity index (χ0) is 7.90. The zero-order valence-corrected chi connectivity index (χ0v) is 6.38. The van der Waals surface area contributed by atoms with Crippen molar-refractivity contribution in [1.29, 1.82) is 0 Å². The summed E-state index contributed by atoms with van der Waals surface area (Å²) in [4.78, 5) is 10.1. The van der Waals surface area contributed by atoms with Crippen LogP contribution in [0, 0.1) is 5.41 Å². The molecule has 0 aromatic rings. The maximum Gasteiger partial charge on any atom is 0.329 e. The van der Waals surface area contributed by atoms with E-state index in [0.717, 1.165) is 12.8 Å². The molecule has 0 amide bonds. The second-order valence-electron chi connectivity index (χ2n) is 3.73. The second-order valence-corrected chi connectivity index (χ2v) is 3.73. The van der Waals surface area contributed by atoms with Gasteiger partial charge in [-0.3, -0.25) is 0 Å². The molecule has 2 aliphatic rings. The highest BCUT2D eigenvalue weighted by atomic mass is 16.5. The number of aliphatic carboxylic acids is 1. The van der Waals surface area contributed by atoms with Crippen LogP contribution in [0.3, 0.4) is 0 Å². The molecule has 0 radical (unpaired) electrons. The second kappa shape index (κ2) is 2.21. The van der Waals surface area contributed by atoms with Crippen molar-refractivity contribution in [2.45, 2.75) is 31.8 Å².